The third-order valence-electron chi connectivity index (χ3n) is 7.09. The number of carboxylic acid groups (broad SMARTS) is 1. The zero-order valence-electron chi connectivity index (χ0n) is 17.7. The molecule has 4 aliphatic carbocycles. The van der Waals surface area contributed by atoms with E-state index in [1.807, 2.05) is 6.92 Å². The highest BCUT2D eigenvalue weighted by Crippen LogP contribution is 2.61. The Balaban J connectivity index is 1.46. The van der Waals surface area contributed by atoms with Crippen LogP contribution in [0.4, 0.5) is 0 Å². The highest BCUT2D eigenvalue weighted by molar-refractivity contribution is 5.88. The molecular weight excluding hydrogens is 410 g/mol. The van der Waals surface area contributed by atoms with Crippen molar-refractivity contribution in [2.75, 3.05) is 0 Å². The van der Waals surface area contributed by atoms with Crippen molar-refractivity contribution in [3.63, 3.8) is 0 Å². The number of aromatic amines is 1. The van der Waals surface area contributed by atoms with E-state index in [0.717, 1.165) is 25.1 Å². The van der Waals surface area contributed by atoms with Crippen molar-refractivity contribution in [1.29, 1.82) is 0 Å². The zero-order chi connectivity index (χ0) is 22.0. The van der Waals surface area contributed by atoms with Gasteiger partial charge in [0.25, 0.3) is 5.56 Å². The molecule has 3 unspecified atom stereocenters. The molecule has 4 aliphatic rings. The maximum Gasteiger partial charge on any atom is 0.358 e. The van der Waals surface area contributed by atoms with Gasteiger partial charge in [-0.1, -0.05) is 18.6 Å². The summed E-state index contributed by atoms with van der Waals surface area (Å²) >= 11 is 0. The van der Waals surface area contributed by atoms with E-state index in [4.69, 9.17) is 9.72 Å². The van der Waals surface area contributed by atoms with Crippen molar-refractivity contribution in [3.8, 4) is 11.8 Å². The fourth-order valence-electron chi connectivity index (χ4n) is 5.90. The van der Waals surface area contributed by atoms with Gasteiger partial charge in [-0.2, -0.15) is 4.98 Å². The Hall–Kier alpha value is -3.49. The SMILES string of the molecule is CCCn1c(Oc2cccnc2C(=O)O)nc2nc(C34CC5=CC(CC5C3)C4)[nH]c2c1=O. The van der Waals surface area contributed by atoms with Crippen molar-refractivity contribution in [3.05, 3.63) is 51.9 Å². The minimum Gasteiger partial charge on any atom is -0.476 e. The minimum absolute atomic E-state index is 0.0221. The van der Waals surface area contributed by atoms with E-state index in [-0.39, 0.29) is 28.4 Å². The Morgan fingerprint density at radius 2 is 2.25 bits per heavy atom. The Kier molecular flexibility index (Phi) is 4.05. The molecule has 0 saturated heterocycles. The highest BCUT2D eigenvalue weighted by Gasteiger charge is 2.53. The van der Waals surface area contributed by atoms with Crippen LogP contribution in [0.1, 0.15) is 55.3 Å². The second-order valence-corrected chi connectivity index (χ2v) is 9.19. The van der Waals surface area contributed by atoms with Gasteiger partial charge in [-0.25, -0.2) is 14.8 Å². The maximum atomic E-state index is 13.3. The summed E-state index contributed by atoms with van der Waals surface area (Å²) < 4.78 is 7.26. The first-order valence-electron chi connectivity index (χ1n) is 11.1. The molecular formula is C23H23N5O4. The van der Waals surface area contributed by atoms with Gasteiger partial charge in [0.05, 0.1) is 0 Å². The molecule has 0 amide bonds. The number of aromatic carboxylic acids is 1. The fourth-order valence-corrected chi connectivity index (χ4v) is 5.90. The van der Waals surface area contributed by atoms with Crippen LogP contribution in [0.25, 0.3) is 11.2 Å². The Morgan fingerprint density at radius 3 is 3.00 bits per heavy atom. The average Bonchev–Trinajstić information content (AvgIpc) is 3.40. The maximum absolute atomic E-state index is 13.3. The van der Waals surface area contributed by atoms with E-state index >= 15 is 0 Å². The van der Waals surface area contributed by atoms with Gasteiger partial charge in [0, 0.05) is 18.2 Å². The number of pyridine rings is 1. The molecule has 3 aromatic heterocycles. The van der Waals surface area contributed by atoms with Gasteiger partial charge >= 0.3 is 12.0 Å². The van der Waals surface area contributed by atoms with Crippen LogP contribution in [0.3, 0.4) is 0 Å². The first-order chi connectivity index (χ1) is 15.5. The van der Waals surface area contributed by atoms with Gasteiger partial charge in [-0.05, 0) is 56.1 Å². The number of allylic oxidation sites excluding steroid dienone is 2. The summed E-state index contributed by atoms with van der Waals surface area (Å²) in [5.41, 5.74) is 1.67. The summed E-state index contributed by atoms with van der Waals surface area (Å²) in [4.78, 5) is 41.4. The summed E-state index contributed by atoms with van der Waals surface area (Å²) in [6, 6.07) is 3.10. The lowest BCUT2D eigenvalue weighted by atomic mass is 9.70. The van der Waals surface area contributed by atoms with Gasteiger partial charge in [0.2, 0.25) is 0 Å². The number of imidazole rings is 1. The van der Waals surface area contributed by atoms with Gasteiger partial charge in [0.1, 0.15) is 5.82 Å². The molecule has 164 valence electrons. The highest BCUT2D eigenvalue weighted by atomic mass is 16.5. The molecule has 3 atom stereocenters. The third-order valence-corrected chi connectivity index (χ3v) is 7.09. The zero-order valence-corrected chi connectivity index (χ0v) is 17.7. The number of aromatic nitrogens is 5. The third kappa shape index (κ3) is 2.73. The fraction of sp³-hybridized carbons (Fsp3) is 0.435. The molecule has 9 heteroatoms. The van der Waals surface area contributed by atoms with E-state index in [0.29, 0.717) is 36.0 Å². The molecule has 4 bridgehead atoms. The summed E-state index contributed by atoms with van der Waals surface area (Å²) in [5.74, 6) is 0.902. The Bertz CT molecular complexity index is 1350. The van der Waals surface area contributed by atoms with E-state index in [2.05, 4.69) is 21.0 Å². The monoisotopic (exact) mass is 433 g/mol. The number of hydrogen-bond acceptors (Lipinski definition) is 6. The minimum atomic E-state index is -1.21. The second kappa shape index (κ2) is 6.75. The summed E-state index contributed by atoms with van der Waals surface area (Å²) in [6.07, 6.45) is 8.86. The second-order valence-electron chi connectivity index (χ2n) is 9.19. The van der Waals surface area contributed by atoms with Crippen molar-refractivity contribution < 1.29 is 14.6 Å². The van der Waals surface area contributed by atoms with E-state index in [1.54, 1.807) is 11.6 Å². The molecule has 3 aromatic rings. The Morgan fingerprint density at radius 1 is 1.38 bits per heavy atom. The number of hydrogen-bond donors (Lipinski definition) is 2. The van der Waals surface area contributed by atoms with Crippen LogP contribution in [0.15, 0.2) is 34.8 Å². The Labute approximate surface area is 183 Å². The van der Waals surface area contributed by atoms with E-state index in [9.17, 15) is 14.7 Å². The molecule has 2 N–H and O–H groups in total. The lowest BCUT2D eigenvalue weighted by Gasteiger charge is -2.34. The van der Waals surface area contributed by atoms with Crippen molar-refractivity contribution in [1.82, 2.24) is 24.5 Å². The number of nitrogens with zero attached hydrogens (tertiary/aromatic N) is 4. The molecule has 32 heavy (non-hydrogen) atoms. The predicted octanol–water partition coefficient (Wildman–Crippen LogP) is 3.41. The predicted molar refractivity (Wildman–Crippen MR) is 115 cm³/mol. The molecule has 2 fully saturated rings. The molecule has 3 heterocycles. The topological polar surface area (TPSA) is 123 Å². The van der Waals surface area contributed by atoms with Gasteiger partial charge in [0.15, 0.2) is 22.6 Å². The molecule has 0 radical (unpaired) electrons. The van der Waals surface area contributed by atoms with Crippen LogP contribution in [0.2, 0.25) is 0 Å². The van der Waals surface area contributed by atoms with Crippen LogP contribution < -0.4 is 10.3 Å². The summed E-state index contributed by atoms with van der Waals surface area (Å²) in [6.45, 7) is 2.33. The quantitative estimate of drug-likeness (QED) is 0.571. The standard InChI is InChI=1S/C23H23N5O4/c1-2-6-28-19(29)17-18(27-22(28)32-15-4-3-5-24-16(15)20(30)31)26-21(25-17)23-9-12-7-13(10-23)14(8-12)11-23/h3-5,7,12,14H,2,6,8-11H2,1H3,(H,25,26)(H,30,31). The summed E-state index contributed by atoms with van der Waals surface area (Å²) in [7, 11) is 0. The van der Waals surface area contributed by atoms with Crippen LogP contribution in [-0.2, 0) is 12.0 Å². The van der Waals surface area contributed by atoms with Crippen molar-refractivity contribution in [2.24, 2.45) is 11.8 Å². The van der Waals surface area contributed by atoms with Crippen LogP contribution >= 0.6 is 0 Å². The normalized spacial score (nSPS) is 25.5. The van der Waals surface area contributed by atoms with Crippen molar-refractivity contribution in [2.45, 2.75) is 51.0 Å². The molecule has 2 saturated carbocycles. The first-order valence-corrected chi connectivity index (χ1v) is 11.1. The van der Waals surface area contributed by atoms with Crippen LogP contribution in [0, 0.1) is 11.8 Å². The van der Waals surface area contributed by atoms with Crippen LogP contribution in [0.5, 0.6) is 11.8 Å². The smallest absolute Gasteiger partial charge is 0.358 e. The van der Waals surface area contributed by atoms with Gasteiger partial charge in [-0.3, -0.25) is 9.36 Å². The van der Waals surface area contributed by atoms with Gasteiger partial charge < -0.3 is 14.8 Å². The molecule has 0 spiro atoms. The number of ether oxygens (including phenoxy) is 1. The first kappa shape index (κ1) is 19.2. The lowest BCUT2D eigenvalue weighted by Crippen LogP contribution is -2.31. The number of carboxylic acids is 1. The van der Waals surface area contributed by atoms with E-state index < -0.39 is 5.97 Å². The number of H-pyrrole nitrogens is 1. The van der Waals surface area contributed by atoms with Crippen LogP contribution in [-0.4, -0.2) is 35.6 Å². The van der Waals surface area contributed by atoms with Crippen molar-refractivity contribution >= 4 is 17.1 Å². The molecule has 0 aromatic carbocycles. The van der Waals surface area contributed by atoms with E-state index in [1.165, 1.54) is 23.3 Å². The molecule has 9 nitrogen and oxygen atoms in total. The summed E-state index contributed by atoms with van der Waals surface area (Å²) in [5, 5.41) is 9.42. The molecule has 0 aliphatic heterocycles. The number of nitrogens with one attached hydrogen (secondary N) is 1. The number of fused-ring (bicyclic) bond motifs is 1. The van der Waals surface area contributed by atoms with Gasteiger partial charge in [-0.15, -0.1) is 0 Å². The molecule has 7 rings (SSSR count). The number of rotatable bonds is 6. The number of carbonyl (C=O) groups is 1. The largest absolute Gasteiger partial charge is 0.476 e. The average molecular weight is 433 g/mol. The lowest BCUT2D eigenvalue weighted by molar-refractivity contribution is 0.0687.